The van der Waals surface area contributed by atoms with Crippen molar-refractivity contribution in [2.75, 3.05) is 0 Å². The lowest BCUT2D eigenvalue weighted by molar-refractivity contribution is 0.149. The van der Waals surface area contributed by atoms with Gasteiger partial charge >= 0.3 is 0 Å². The van der Waals surface area contributed by atoms with Gasteiger partial charge in [-0.2, -0.15) is 0 Å². The Kier molecular flexibility index (Phi) is 8.52. The van der Waals surface area contributed by atoms with E-state index in [-0.39, 0.29) is 6.10 Å². The fourth-order valence-electron chi connectivity index (χ4n) is 3.54. The first-order valence-corrected chi connectivity index (χ1v) is 9.10. The molecule has 0 heterocycles. The Balaban J connectivity index is 3.09. The zero-order chi connectivity index (χ0) is 16.5. The molecule has 0 aromatic rings. The summed E-state index contributed by atoms with van der Waals surface area (Å²) in [6.07, 6.45) is 12.5. The molecule has 1 aliphatic carbocycles. The van der Waals surface area contributed by atoms with E-state index in [4.69, 9.17) is 10.1 Å². The smallest absolute Gasteiger partial charge is 0.127 e. The van der Waals surface area contributed by atoms with Crippen LogP contribution in [0.4, 0.5) is 0 Å². The normalized spacial score (nSPS) is 25.3. The molecule has 0 saturated heterocycles. The van der Waals surface area contributed by atoms with Crippen LogP contribution < -0.4 is 0 Å². The van der Waals surface area contributed by atoms with Gasteiger partial charge < -0.3 is 10.1 Å². The maximum Gasteiger partial charge on any atom is 0.127 e. The van der Waals surface area contributed by atoms with E-state index in [1.54, 1.807) is 0 Å². The molecule has 0 amide bonds. The van der Waals surface area contributed by atoms with Gasteiger partial charge in [-0.05, 0) is 57.4 Å². The first-order chi connectivity index (χ1) is 10.5. The first kappa shape index (κ1) is 19.0. The fraction of sp³-hybridized carbons (Fsp3) is 0.750. The minimum Gasteiger partial charge on any atom is -0.490 e. The van der Waals surface area contributed by atoms with Crippen molar-refractivity contribution >= 4 is 6.21 Å². The molecule has 0 spiro atoms. The summed E-state index contributed by atoms with van der Waals surface area (Å²) in [5, 5.41) is 7.71. The third-order valence-corrected chi connectivity index (χ3v) is 4.75. The van der Waals surface area contributed by atoms with Crippen molar-refractivity contribution < 1.29 is 4.74 Å². The topological polar surface area (TPSA) is 33.1 Å². The Morgan fingerprint density at radius 1 is 1.18 bits per heavy atom. The molecule has 0 atom stereocenters. The third kappa shape index (κ3) is 5.62. The highest BCUT2D eigenvalue weighted by molar-refractivity contribution is 5.81. The van der Waals surface area contributed by atoms with Crippen LogP contribution in [0.1, 0.15) is 79.6 Å². The van der Waals surface area contributed by atoms with Crippen LogP contribution in [0.2, 0.25) is 0 Å². The van der Waals surface area contributed by atoms with Crippen molar-refractivity contribution in [3.63, 3.8) is 0 Å². The summed E-state index contributed by atoms with van der Waals surface area (Å²) in [5.41, 5.74) is 2.36. The molecule has 1 rings (SSSR count). The Bertz CT molecular complexity index is 396. The summed E-state index contributed by atoms with van der Waals surface area (Å²) in [4.78, 5) is 0. The lowest BCUT2D eigenvalue weighted by Crippen LogP contribution is -2.15. The predicted molar refractivity (Wildman–Crippen MR) is 96.4 cm³/mol. The van der Waals surface area contributed by atoms with Crippen molar-refractivity contribution in [3.05, 3.63) is 23.0 Å². The molecule has 2 heteroatoms. The van der Waals surface area contributed by atoms with Gasteiger partial charge in [-0.3, -0.25) is 0 Å². The number of hydrogen-bond acceptors (Lipinski definition) is 2. The van der Waals surface area contributed by atoms with Crippen LogP contribution >= 0.6 is 0 Å². The van der Waals surface area contributed by atoms with E-state index in [0.717, 1.165) is 23.7 Å². The highest BCUT2D eigenvalue weighted by Gasteiger charge is 2.22. The monoisotopic (exact) mass is 305 g/mol. The van der Waals surface area contributed by atoms with E-state index in [9.17, 15) is 0 Å². The molecule has 0 aliphatic heterocycles. The summed E-state index contributed by atoms with van der Waals surface area (Å²) < 4.78 is 6.15. The van der Waals surface area contributed by atoms with E-state index in [1.807, 2.05) is 13.0 Å². The highest BCUT2D eigenvalue weighted by atomic mass is 16.5. The van der Waals surface area contributed by atoms with Gasteiger partial charge in [-0.1, -0.05) is 45.6 Å². The van der Waals surface area contributed by atoms with Crippen LogP contribution in [0, 0.1) is 17.2 Å². The number of allylic oxidation sites excluding steroid dienone is 3. The molecule has 0 radical (unpaired) electrons. The minimum absolute atomic E-state index is 0.153. The second-order valence-corrected chi connectivity index (χ2v) is 6.93. The Morgan fingerprint density at radius 3 is 2.18 bits per heavy atom. The molecule has 1 saturated carbocycles. The maximum absolute atomic E-state index is 7.71. The number of rotatable bonds is 6. The Hall–Kier alpha value is -1.05. The van der Waals surface area contributed by atoms with Crippen molar-refractivity contribution in [3.8, 4) is 0 Å². The van der Waals surface area contributed by atoms with Gasteiger partial charge in [0.2, 0.25) is 0 Å². The van der Waals surface area contributed by atoms with Gasteiger partial charge in [-0.25, -0.2) is 0 Å². The van der Waals surface area contributed by atoms with Crippen LogP contribution in [0.15, 0.2) is 23.0 Å². The molecule has 1 aliphatic rings. The zero-order valence-electron chi connectivity index (χ0n) is 15.2. The third-order valence-electron chi connectivity index (χ3n) is 4.75. The van der Waals surface area contributed by atoms with Crippen molar-refractivity contribution in [1.29, 1.82) is 5.41 Å². The summed E-state index contributed by atoms with van der Waals surface area (Å²) in [5.74, 6) is 2.49. The molecule has 1 fully saturated rings. The molecule has 0 unspecified atom stereocenters. The Morgan fingerprint density at radius 2 is 1.77 bits per heavy atom. The molecular weight excluding hydrogens is 270 g/mol. The highest BCUT2D eigenvalue weighted by Crippen LogP contribution is 2.35. The summed E-state index contributed by atoms with van der Waals surface area (Å²) in [7, 11) is 0. The van der Waals surface area contributed by atoms with E-state index in [0.29, 0.717) is 5.92 Å². The van der Waals surface area contributed by atoms with Crippen molar-refractivity contribution in [1.82, 2.24) is 0 Å². The van der Waals surface area contributed by atoms with Crippen LogP contribution in [0.5, 0.6) is 0 Å². The second kappa shape index (κ2) is 9.86. The average Bonchev–Trinajstić information content (AvgIpc) is 2.45. The van der Waals surface area contributed by atoms with Gasteiger partial charge in [0.15, 0.2) is 0 Å². The Labute approximate surface area is 137 Å². The van der Waals surface area contributed by atoms with Crippen LogP contribution in [0.3, 0.4) is 0 Å². The first-order valence-electron chi connectivity index (χ1n) is 9.10. The minimum atomic E-state index is 0.153. The molecule has 2 nitrogen and oxygen atoms in total. The number of ether oxygens (including phenoxy) is 1. The lowest BCUT2D eigenvalue weighted by atomic mass is 9.81. The van der Waals surface area contributed by atoms with Crippen LogP contribution in [-0.2, 0) is 4.74 Å². The van der Waals surface area contributed by atoms with Gasteiger partial charge in [0, 0.05) is 11.8 Å². The molecule has 0 aromatic carbocycles. The van der Waals surface area contributed by atoms with Gasteiger partial charge in [0.25, 0.3) is 0 Å². The number of hydrogen-bond donors (Lipinski definition) is 1. The predicted octanol–water partition coefficient (Wildman–Crippen LogP) is 6.28. The van der Waals surface area contributed by atoms with Crippen molar-refractivity contribution in [2.45, 2.75) is 85.7 Å². The average molecular weight is 306 g/mol. The van der Waals surface area contributed by atoms with Gasteiger partial charge in [0.1, 0.15) is 5.76 Å². The van der Waals surface area contributed by atoms with Gasteiger partial charge in [-0.15, -0.1) is 0 Å². The standard InChI is InChI=1S/C20H35NO/c1-6-17(14-21)20(22-15(3)4)19(7-2)18-12-8-10-16(5)11-9-13-18/h6,14-16,18,21H,7-13H2,1-5H3/b17-6-,20-19-,21-14?. The zero-order valence-corrected chi connectivity index (χ0v) is 15.2. The summed E-state index contributed by atoms with van der Waals surface area (Å²) in [6.45, 7) is 10.8. The molecular formula is C20H35NO. The molecule has 0 aromatic heterocycles. The van der Waals surface area contributed by atoms with Crippen molar-refractivity contribution in [2.24, 2.45) is 11.8 Å². The van der Waals surface area contributed by atoms with Crippen LogP contribution in [0.25, 0.3) is 0 Å². The molecule has 22 heavy (non-hydrogen) atoms. The lowest BCUT2D eigenvalue weighted by Gasteiger charge is -2.28. The molecule has 0 bridgehead atoms. The van der Waals surface area contributed by atoms with E-state index >= 15 is 0 Å². The summed E-state index contributed by atoms with van der Waals surface area (Å²) >= 11 is 0. The van der Waals surface area contributed by atoms with Crippen LogP contribution in [-0.4, -0.2) is 12.3 Å². The van der Waals surface area contributed by atoms with E-state index in [1.165, 1.54) is 50.3 Å². The van der Waals surface area contributed by atoms with E-state index < -0.39 is 0 Å². The quantitative estimate of drug-likeness (QED) is 0.350. The maximum atomic E-state index is 7.71. The number of nitrogens with one attached hydrogen (secondary N) is 1. The molecule has 1 N–H and O–H groups in total. The largest absolute Gasteiger partial charge is 0.490 e. The SMILES string of the molecule is C/C=C(C=N)\C(OC(C)C)=C(/CC)C1CCCC(C)CCC1. The fourth-order valence-corrected chi connectivity index (χ4v) is 3.54. The summed E-state index contributed by atoms with van der Waals surface area (Å²) in [6, 6.07) is 0. The molecule has 126 valence electrons. The second-order valence-electron chi connectivity index (χ2n) is 6.93. The van der Waals surface area contributed by atoms with Gasteiger partial charge in [0.05, 0.1) is 6.10 Å². The van der Waals surface area contributed by atoms with E-state index in [2.05, 4.69) is 27.7 Å².